The lowest BCUT2D eigenvalue weighted by molar-refractivity contribution is 0.201. The molecular formula is C32H50N2O4. The molecule has 2 N–H and O–H groups in total. The minimum absolute atomic E-state index is 0.0159. The second-order valence-electron chi connectivity index (χ2n) is 13.8. The van der Waals surface area contributed by atoms with Crippen LogP contribution in [0, 0.1) is 0 Å². The lowest BCUT2D eigenvalue weighted by atomic mass is 9.80. The zero-order chi connectivity index (χ0) is 29.7. The first-order chi connectivity index (χ1) is 17.1. The van der Waals surface area contributed by atoms with Gasteiger partial charge in [-0.2, -0.15) is 0 Å². The first kappa shape index (κ1) is 33.0. The standard InChI is InChI=1S/2C16H25NO2/c2*1-15(2,3)11-8-12(16(4,5)6)10-13(9-11)19-14(18)17-7/h2*8-10H,1-7H3,(H,17,18). The highest BCUT2D eigenvalue weighted by Gasteiger charge is 2.23. The van der Waals surface area contributed by atoms with Crippen molar-refractivity contribution < 1.29 is 19.1 Å². The Bertz CT molecular complexity index is 954. The summed E-state index contributed by atoms with van der Waals surface area (Å²) >= 11 is 0. The van der Waals surface area contributed by atoms with Crippen molar-refractivity contribution >= 4 is 12.2 Å². The van der Waals surface area contributed by atoms with E-state index in [0.717, 1.165) is 0 Å². The number of hydrogen-bond donors (Lipinski definition) is 2. The van der Waals surface area contributed by atoms with E-state index in [4.69, 9.17) is 9.47 Å². The smallest absolute Gasteiger partial charge is 0.410 e. The molecule has 0 saturated heterocycles. The Hall–Kier alpha value is -3.02. The number of hydrogen-bond acceptors (Lipinski definition) is 4. The van der Waals surface area contributed by atoms with Crippen molar-refractivity contribution in [2.24, 2.45) is 0 Å². The molecule has 0 radical (unpaired) electrons. The summed E-state index contributed by atoms with van der Waals surface area (Å²) in [6.45, 7) is 25.8. The fraction of sp³-hybridized carbons (Fsp3) is 0.562. The summed E-state index contributed by atoms with van der Waals surface area (Å²) in [6.07, 6.45) is -0.878. The SMILES string of the molecule is CNC(=O)Oc1cc(C(C)(C)C)cc(C(C)(C)C)c1.CNC(=O)Oc1cc(C(C)(C)C)cc(C(C)(C)C)c1. The van der Waals surface area contributed by atoms with Gasteiger partial charge in [0.05, 0.1) is 0 Å². The van der Waals surface area contributed by atoms with Gasteiger partial charge < -0.3 is 20.1 Å². The first-order valence-electron chi connectivity index (χ1n) is 13.2. The fourth-order valence-electron chi connectivity index (χ4n) is 3.36. The molecule has 2 aromatic carbocycles. The van der Waals surface area contributed by atoms with Gasteiger partial charge in [0.15, 0.2) is 0 Å². The van der Waals surface area contributed by atoms with E-state index < -0.39 is 12.2 Å². The second kappa shape index (κ2) is 12.2. The minimum Gasteiger partial charge on any atom is -0.410 e. The first-order valence-corrected chi connectivity index (χ1v) is 13.2. The molecule has 0 aliphatic heterocycles. The van der Waals surface area contributed by atoms with Crippen LogP contribution in [0.15, 0.2) is 36.4 Å². The molecule has 0 bridgehead atoms. The normalized spacial score (nSPS) is 12.2. The second-order valence-corrected chi connectivity index (χ2v) is 13.8. The summed E-state index contributed by atoms with van der Waals surface area (Å²) in [6, 6.07) is 12.1. The van der Waals surface area contributed by atoms with Crippen LogP contribution in [0.1, 0.15) is 105 Å². The highest BCUT2D eigenvalue weighted by molar-refractivity contribution is 5.70. The van der Waals surface area contributed by atoms with Crippen LogP contribution >= 0.6 is 0 Å². The average Bonchev–Trinajstić information content (AvgIpc) is 2.76. The monoisotopic (exact) mass is 526 g/mol. The van der Waals surface area contributed by atoms with Crippen LogP contribution in [0.3, 0.4) is 0 Å². The molecule has 0 fully saturated rings. The predicted octanol–water partition coefficient (Wildman–Crippen LogP) is 8.00. The van der Waals surface area contributed by atoms with Gasteiger partial charge in [-0.1, -0.05) is 95.2 Å². The molecule has 0 aliphatic rings. The van der Waals surface area contributed by atoms with Crippen LogP contribution < -0.4 is 20.1 Å². The summed E-state index contributed by atoms with van der Waals surface area (Å²) in [7, 11) is 3.11. The summed E-state index contributed by atoms with van der Waals surface area (Å²) in [5.74, 6) is 1.19. The number of benzene rings is 2. The third-order valence-electron chi connectivity index (χ3n) is 6.11. The minimum atomic E-state index is -0.439. The van der Waals surface area contributed by atoms with Gasteiger partial charge in [0, 0.05) is 14.1 Å². The van der Waals surface area contributed by atoms with Gasteiger partial charge in [0.25, 0.3) is 0 Å². The summed E-state index contributed by atoms with van der Waals surface area (Å²) < 4.78 is 10.6. The van der Waals surface area contributed by atoms with E-state index in [-0.39, 0.29) is 21.7 Å². The van der Waals surface area contributed by atoms with Gasteiger partial charge in [-0.3, -0.25) is 0 Å². The average molecular weight is 527 g/mol. The zero-order valence-electron chi connectivity index (χ0n) is 26.1. The van der Waals surface area contributed by atoms with Gasteiger partial charge in [0.2, 0.25) is 0 Å². The molecule has 2 aromatic rings. The maximum atomic E-state index is 11.4. The van der Waals surface area contributed by atoms with Crippen molar-refractivity contribution in [3.05, 3.63) is 58.7 Å². The molecule has 6 heteroatoms. The Labute approximate surface area is 230 Å². The van der Waals surface area contributed by atoms with Gasteiger partial charge in [-0.15, -0.1) is 0 Å². The molecule has 212 valence electrons. The maximum Gasteiger partial charge on any atom is 0.412 e. The Morgan fingerprint density at radius 3 is 0.842 bits per heavy atom. The van der Waals surface area contributed by atoms with Crippen LogP contribution in [0.5, 0.6) is 11.5 Å². The molecule has 2 rings (SSSR count). The highest BCUT2D eigenvalue weighted by Crippen LogP contribution is 2.34. The topological polar surface area (TPSA) is 76.7 Å². The van der Waals surface area contributed by atoms with Crippen molar-refractivity contribution in [3.8, 4) is 11.5 Å². The maximum absolute atomic E-state index is 11.4. The summed E-state index contributed by atoms with van der Waals surface area (Å²) in [4.78, 5) is 22.7. The van der Waals surface area contributed by atoms with Crippen molar-refractivity contribution in [3.63, 3.8) is 0 Å². The van der Waals surface area contributed by atoms with E-state index >= 15 is 0 Å². The number of carbonyl (C=O) groups excluding carboxylic acids is 2. The lowest BCUT2D eigenvalue weighted by Gasteiger charge is -2.25. The zero-order valence-corrected chi connectivity index (χ0v) is 26.1. The van der Waals surface area contributed by atoms with Crippen LogP contribution in [-0.4, -0.2) is 26.3 Å². The van der Waals surface area contributed by atoms with E-state index in [9.17, 15) is 9.59 Å². The van der Waals surface area contributed by atoms with E-state index in [1.807, 2.05) is 24.3 Å². The lowest BCUT2D eigenvalue weighted by Crippen LogP contribution is -2.23. The summed E-state index contributed by atoms with van der Waals surface area (Å²) in [5.41, 5.74) is 4.73. The largest absolute Gasteiger partial charge is 0.412 e. The molecule has 2 amide bonds. The van der Waals surface area contributed by atoms with Gasteiger partial charge in [-0.25, -0.2) is 9.59 Å². The van der Waals surface area contributed by atoms with Gasteiger partial charge in [0.1, 0.15) is 11.5 Å². The van der Waals surface area contributed by atoms with Gasteiger partial charge in [-0.05, 0) is 68.2 Å². The van der Waals surface area contributed by atoms with Crippen LogP contribution in [-0.2, 0) is 21.7 Å². The van der Waals surface area contributed by atoms with Crippen LogP contribution in [0.4, 0.5) is 9.59 Å². The fourth-order valence-corrected chi connectivity index (χ4v) is 3.36. The third-order valence-corrected chi connectivity index (χ3v) is 6.11. The molecule has 0 saturated carbocycles. The molecule has 0 unspecified atom stereocenters. The Morgan fingerprint density at radius 2 is 0.684 bits per heavy atom. The molecule has 0 aliphatic carbocycles. The quantitative estimate of drug-likeness (QED) is 0.416. The van der Waals surface area contributed by atoms with E-state index in [1.54, 1.807) is 14.1 Å². The Kier molecular flexibility index (Phi) is 10.6. The predicted molar refractivity (Wildman–Crippen MR) is 158 cm³/mol. The number of ether oxygens (including phenoxy) is 2. The van der Waals surface area contributed by atoms with Crippen molar-refractivity contribution in [1.82, 2.24) is 10.6 Å². The highest BCUT2D eigenvalue weighted by atomic mass is 16.6. The number of amides is 2. The molecule has 0 atom stereocenters. The van der Waals surface area contributed by atoms with Gasteiger partial charge >= 0.3 is 12.2 Å². The third kappa shape index (κ3) is 10.4. The number of carbonyl (C=O) groups is 2. The Balaban J connectivity index is 0.000000380. The molecular weight excluding hydrogens is 476 g/mol. The molecule has 0 aromatic heterocycles. The van der Waals surface area contributed by atoms with Crippen molar-refractivity contribution in [1.29, 1.82) is 0 Å². The molecule has 0 spiro atoms. The van der Waals surface area contributed by atoms with E-state index in [2.05, 4.69) is 106 Å². The van der Waals surface area contributed by atoms with Crippen LogP contribution in [0.2, 0.25) is 0 Å². The number of rotatable bonds is 2. The van der Waals surface area contributed by atoms with Crippen molar-refractivity contribution in [2.75, 3.05) is 14.1 Å². The molecule has 6 nitrogen and oxygen atoms in total. The van der Waals surface area contributed by atoms with Crippen LogP contribution in [0.25, 0.3) is 0 Å². The van der Waals surface area contributed by atoms with E-state index in [1.165, 1.54) is 22.3 Å². The Morgan fingerprint density at radius 1 is 0.474 bits per heavy atom. The molecule has 38 heavy (non-hydrogen) atoms. The summed E-state index contributed by atoms with van der Waals surface area (Å²) in [5, 5.41) is 4.94. The van der Waals surface area contributed by atoms with E-state index in [0.29, 0.717) is 11.5 Å². The van der Waals surface area contributed by atoms with Crippen molar-refractivity contribution in [2.45, 2.75) is 105 Å². The number of nitrogens with one attached hydrogen (secondary N) is 2. The molecule has 0 heterocycles.